The van der Waals surface area contributed by atoms with Gasteiger partial charge >= 0.3 is 5.96 Å². The van der Waals surface area contributed by atoms with Crippen molar-refractivity contribution < 1.29 is 69.5 Å². The molecule has 0 aromatic carbocycles. The predicted octanol–water partition coefficient (Wildman–Crippen LogP) is -6.19. The van der Waals surface area contributed by atoms with Gasteiger partial charge in [0.1, 0.15) is 47.9 Å². The Kier molecular flexibility index (Phi) is 13.8. The number of aliphatic hydroxyl groups is 6. The molecule has 2 aliphatic heterocycles. The second kappa shape index (κ2) is 17.5. The van der Waals surface area contributed by atoms with E-state index in [2.05, 4.69) is 10.3 Å². The van der Waals surface area contributed by atoms with Gasteiger partial charge in [0.2, 0.25) is 0 Å². The van der Waals surface area contributed by atoms with E-state index in [0.29, 0.717) is 19.3 Å². The van der Waals surface area contributed by atoms with E-state index in [1.54, 1.807) is 7.05 Å². The first-order valence-electron chi connectivity index (χ1n) is 18.8. The molecule has 2 saturated heterocycles. The molecule has 0 aromatic heterocycles. The van der Waals surface area contributed by atoms with Crippen molar-refractivity contribution in [3.05, 3.63) is 0 Å². The lowest BCUT2D eigenvalue weighted by Crippen LogP contribution is -2.94. The Morgan fingerprint density at radius 2 is 1.79 bits per heavy atom. The van der Waals surface area contributed by atoms with E-state index in [1.165, 1.54) is 7.11 Å². The molecule has 0 radical (unpaired) electrons. The van der Waals surface area contributed by atoms with Gasteiger partial charge in [0.05, 0.1) is 56.9 Å². The molecule has 5 fully saturated rings. The number of ketones is 2. The summed E-state index contributed by atoms with van der Waals surface area (Å²) in [5.41, 5.74) is 10.00. The van der Waals surface area contributed by atoms with Crippen LogP contribution in [0.15, 0.2) is 0 Å². The summed E-state index contributed by atoms with van der Waals surface area (Å²) >= 11 is 0. The van der Waals surface area contributed by atoms with Crippen LogP contribution in [0.4, 0.5) is 0 Å². The minimum Gasteiger partial charge on any atom is -0.396 e. The summed E-state index contributed by atoms with van der Waals surface area (Å²) in [5, 5.41) is 72.1. The largest absolute Gasteiger partial charge is 0.396 e. The van der Waals surface area contributed by atoms with Crippen LogP contribution < -0.4 is 27.1 Å². The van der Waals surface area contributed by atoms with Gasteiger partial charge < -0.3 is 55.0 Å². The highest BCUT2D eigenvalue weighted by Crippen LogP contribution is 2.53. The average Bonchev–Trinajstić information content (AvgIpc) is 3.14. The number of quaternary nitrogens is 1. The zero-order chi connectivity index (χ0) is 37.9. The van der Waals surface area contributed by atoms with Crippen LogP contribution in [-0.4, -0.2) is 150 Å². The van der Waals surface area contributed by atoms with E-state index in [4.69, 9.17) is 25.7 Å². The van der Waals surface area contributed by atoms with Gasteiger partial charge in [0.15, 0.2) is 6.29 Å². The zero-order valence-electron chi connectivity index (χ0n) is 30.2. The van der Waals surface area contributed by atoms with E-state index in [1.807, 2.05) is 5.32 Å². The number of piperidine rings is 1. The molecule has 0 amide bonds. The van der Waals surface area contributed by atoms with Crippen molar-refractivity contribution in [2.24, 2.45) is 58.8 Å². The second-order valence-electron chi connectivity index (χ2n) is 15.7. The molecule has 17 nitrogen and oxygen atoms in total. The first-order chi connectivity index (χ1) is 24.8. The molecule has 2 heterocycles. The van der Waals surface area contributed by atoms with Crippen molar-refractivity contribution >= 4 is 23.8 Å². The van der Waals surface area contributed by atoms with Crippen LogP contribution in [0.3, 0.4) is 0 Å². The molecule has 0 spiro atoms. The highest BCUT2D eigenvalue weighted by Gasteiger charge is 2.64. The first-order valence-corrected chi connectivity index (χ1v) is 18.8. The van der Waals surface area contributed by atoms with Crippen LogP contribution in [0.25, 0.3) is 0 Å². The quantitative estimate of drug-likeness (QED) is 0.0475. The van der Waals surface area contributed by atoms with Crippen molar-refractivity contribution in [1.82, 2.24) is 5.32 Å². The molecule has 14 N–H and O–H groups in total. The third-order valence-corrected chi connectivity index (χ3v) is 13.0. The van der Waals surface area contributed by atoms with Gasteiger partial charge in [0.25, 0.3) is 0 Å². The number of carbonyl (C=O) groups is 3. The Bertz CT molecular complexity index is 1270. The number of aldehydes is 1. The molecule has 17 unspecified atom stereocenters. The Labute approximate surface area is 303 Å². The molecular formula is C35H61N5O12+2. The molecule has 0 aromatic rings. The fourth-order valence-electron chi connectivity index (χ4n) is 10.1. The third kappa shape index (κ3) is 7.96. The molecule has 17 atom stereocenters. The lowest BCUT2D eigenvalue weighted by Gasteiger charge is -2.55. The maximum absolute atomic E-state index is 14.7. The Balaban J connectivity index is 1.40. The van der Waals surface area contributed by atoms with Crippen molar-refractivity contribution in [2.75, 3.05) is 40.5 Å². The lowest BCUT2D eigenvalue weighted by atomic mass is 9.51. The number of rotatable bonds is 13. The molecule has 52 heavy (non-hydrogen) atoms. The number of guanidine groups is 1. The zero-order valence-corrected chi connectivity index (χ0v) is 30.2. The number of Topliss-reactive ketones (excluding diaryl/α,β-unsaturated/α-hetero) is 2. The molecule has 296 valence electrons. The third-order valence-electron chi connectivity index (χ3n) is 13.0. The van der Waals surface area contributed by atoms with Gasteiger partial charge in [-0.25, -0.2) is 0 Å². The maximum atomic E-state index is 14.7. The van der Waals surface area contributed by atoms with Crippen molar-refractivity contribution in [2.45, 2.75) is 106 Å². The molecule has 3 aliphatic carbocycles. The highest BCUT2D eigenvalue weighted by molar-refractivity contribution is 6.01. The fourth-order valence-corrected chi connectivity index (χ4v) is 10.1. The average molecular weight is 744 g/mol. The summed E-state index contributed by atoms with van der Waals surface area (Å²) in [5.74, 6) is -6.14. The van der Waals surface area contributed by atoms with Crippen LogP contribution in [0.1, 0.15) is 51.4 Å². The van der Waals surface area contributed by atoms with Crippen molar-refractivity contribution in [3.8, 4) is 0 Å². The lowest BCUT2D eigenvalue weighted by molar-refractivity contribution is -0.699. The molecule has 0 bridgehead atoms. The van der Waals surface area contributed by atoms with Gasteiger partial charge in [-0.1, -0.05) is 0 Å². The van der Waals surface area contributed by atoms with Gasteiger partial charge in [0, 0.05) is 56.7 Å². The molecule has 17 heteroatoms. The van der Waals surface area contributed by atoms with E-state index in [9.17, 15) is 45.0 Å². The van der Waals surface area contributed by atoms with E-state index in [0.717, 1.165) is 19.3 Å². The van der Waals surface area contributed by atoms with Crippen LogP contribution in [-0.2, 0) is 28.6 Å². The summed E-state index contributed by atoms with van der Waals surface area (Å²) < 4.78 is 18.0. The Morgan fingerprint density at radius 1 is 1.04 bits per heavy atom. The summed E-state index contributed by atoms with van der Waals surface area (Å²) in [4.78, 5) is 43.3. The van der Waals surface area contributed by atoms with Gasteiger partial charge in [-0.15, -0.1) is 0 Å². The monoisotopic (exact) mass is 743 g/mol. The smallest absolute Gasteiger partial charge is 0.340 e. The van der Waals surface area contributed by atoms with Crippen molar-refractivity contribution in [3.63, 3.8) is 0 Å². The number of aliphatic hydroxyl groups excluding tert-OH is 5. The first kappa shape index (κ1) is 41.0. The SMILES string of the molecule is C[NH+]=C(N)NCC1C(CCC=O)CC2C(=O)C3C(CO)C(OC)CC(OC4OC(CO)C(O)(CCC5CC[NH2+]C(N)C5)C(O)C4O)C3C(=O)C2C1O. The standard InChI is InChI=1S/C35H59N5O12/c1-38-34(37)40-13-19-17(4-3-9-41)11-18-26(29(19)45)30(46)27-22(12-21(50-2)20(14-42)25(27)28(18)44)51-33-31(47)32(48)35(49,23(15-43)52-33)7-5-16-6-8-39-24(36)10-16/h9,16-27,29,31-33,39,42-43,45,47-49H,3-8,10-15,36H2,1-2H3,(H3,37,38,40)/p+2. The van der Waals surface area contributed by atoms with Crippen molar-refractivity contribution in [1.29, 1.82) is 0 Å². The van der Waals surface area contributed by atoms with Gasteiger partial charge in [-0.2, -0.15) is 0 Å². The molecule has 3 saturated carbocycles. The minimum atomic E-state index is -2.01. The van der Waals surface area contributed by atoms with Crippen LogP contribution in [0.5, 0.6) is 0 Å². The summed E-state index contributed by atoms with van der Waals surface area (Å²) in [6.45, 7) is -0.156. The molecular weight excluding hydrogens is 682 g/mol. The van der Waals surface area contributed by atoms with Crippen LogP contribution >= 0.6 is 0 Å². The van der Waals surface area contributed by atoms with Gasteiger partial charge in [-0.3, -0.25) is 31.4 Å². The number of hydrogen-bond donors (Lipinski definition) is 11. The summed E-state index contributed by atoms with van der Waals surface area (Å²) in [6.07, 6.45) is -6.05. The maximum Gasteiger partial charge on any atom is 0.340 e. The van der Waals surface area contributed by atoms with E-state index >= 15 is 0 Å². The normalized spacial score (nSPS) is 45.6. The van der Waals surface area contributed by atoms with E-state index < -0.39 is 103 Å². The number of nitrogens with two attached hydrogens (primary N) is 3. The van der Waals surface area contributed by atoms with Crippen LogP contribution in [0, 0.1) is 47.3 Å². The number of carbonyl (C=O) groups excluding carboxylic acids is 3. The fraction of sp³-hybridized carbons (Fsp3) is 0.886. The minimum absolute atomic E-state index is 0.00564. The topological polar surface area (TPSA) is 295 Å². The predicted molar refractivity (Wildman–Crippen MR) is 181 cm³/mol. The number of nitrogens with one attached hydrogen (secondary N) is 2. The van der Waals surface area contributed by atoms with E-state index in [-0.39, 0.29) is 62.0 Å². The number of methoxy groups -OCH3 is 1. The Morgan fingerprint density at radius 3 is 2.42 bits per heavy atom. The second-order valence-corrected chi connectivity index (χ2v) is 15.7. The Hall–Kier alpha value is -2.16. The number of ether oxygens (including phenoxy) is 3. The van der Waals surface area contributed by atoms with Crippen LogP contribution in [0.2, 0.25) is 0 Å². The number of hydrogen-bond acceptors (Lipinski definition) is 13. The summed E-state index contributed by atoms with van der Waals surface area (Å²) in [7, 11) is 3.04. The number of fused-ring (bicyclic) bond motifs is 2. The summed E-state index contributed by atoms with van der Waals surface area (Å²) in [6, 6.07) is 0. The molecule has 5 aliphatic rings. The van der Waals surface area contributed by atoms with Gasteiger partial charge in [-0.05, 0) is 43.9 Å². The molecule has 5 rings (SSSR count). The highest BCUT2D eigenvalue weighted by atomic mass is 16.7.